The highest BCUT2D eigenvalue weighted by Crippen LogP contribution is 2.19. The summed E-state index contributed by atoms with van der Waals surface area (Å²) in [5, 5.41) is 8.71. The Morgan fingerprint density at radius 3 is 2.40 bits per heavy atom. The molecule has 102 valence electrons. The number of nitriles is 1. The van der Waals surface area contributed by atoms with Crippen LogP contribution in [0, 0.1) is 11.3 Å². The van der Waals surface area contributed by atoms with Crippen molar-refractivity contribution in [1.82, 2.24) is 9.97 Å². The first-order chi connectivity index (χ1) is 9.83. The number of aromatic nitrogens is 2. The van der Waals surface area contributed by atoms with Crippen molar-refractivity contribution in [2.24, 2.45) is 0 Å². The van der Waals surface area contributed by atoms with E-state index in [-0.39, 0.29) is 0 Å². The Hall–Kier alpha value is -2.41. The second kappa shape index (κ2) is 7.25. The summed E-state index contributed by atoms with van der Waals surface area (Å²) in [4.78, 5) is 8.32. The largest absolute Gasteiger partial charge is 0.494 e. The summed E-state index contributed by atoms with van der Waals surface area (Å²) >= 11 is 0. The van der Waals surface area contributed by atoms with Gasteiger partial charge in [0.25, 0.3) is 0 Å². The summed E-state index contributed by atoms with van der Waals surface area (Å²) in [7, 11) is 0. The van der Waals surface area contributed by atoms with E-state index in [0.717, 1.165) is 24.3 Å². The topological polar surface area (TPSA) is 58.8 Å². The van der Waals surface area contributed by atoms with Gasteiger partial charge in [0, 0.05) is 18.0 Å². The summed E-state index contributed by atoms with van der Waals surface area (Å²) in [6.45, 7) is 2.92. The van der Waals surface area contributed by atoms with Crippen LogP contribution in [0.2, 0.25) is 0 Å². The second-order valence-electron chi connectivity index (χ2n) is 4.49. The zero-order valence-corrected chi connectivity index (χ0v) is 11.5. The first-order valence-electron chi connectivity index (χ1n) is 6.79. The maximum atomic E-state index is 8.71. The van der Waals surface area contributed by atoms with Crippen molar-refractivity contribution >= 4 is 0 Å². The molecule has 0 atom stereocenters. The summed E-state index contributed by atoms with van der Waals surface area (Å²) in [6.07, 6.45) is 6.52. The van der Waals surface area contributed by atoms with E-state index in [2.05, 4.69) is 16.9 Å². The lowest BCUT2D eigenvalue weighted by Gasteiger charge is -2.06. The lowest BCUT2D eigenvalue weighted by atomic mass is 10.2. The van der Waals surface area contributed by atoms with Crippen molar-refractivity contribution in [2.75, 3.05) is 6.61 Å². The molecule has 2 rings (SSSR count). The Bertz CT molecular complexity index is 570. The van der Waals surface area contributed by atoms with Crippen LogP contribution in [0.1, 0.15) is 31.7 Å². The Labute approximate surface area is 119 Å². The van der Waals surface area contributed by atoms with E-state index in [1.54, 1.807) is 0 Å². The third-order valence-electron chi connectivity index (χ3n) is 2.91. The van der Waals surface area contributed by atoms with Crippen LogP contribution in [0.5, 0.6) is 5.75 Å². The lowest BCUT2D eigenvalue weighted by molar-refractivity contribution is 0.306. The lowest BCUT2D eigenvalue weighted by Crippen LogP contribution is -1.97. The molecule has 4 nitrogen and oxygen atoms in total. The van der Waals surface area contributed by atoms with Crippen molar-refractivity contribution in [3.05, 3.63) is 42.2 Å². The average molecular weight is 267 g/mol. The van der Waals surface area contributed by atoms with Gasteiger partial charge in [-0.15, -0.1) is 0 Å². The van der Waals surface area contributed by atoms with Gasteiger partial charge >= 0.3 is 0 Å². The third kappa shape index (κ3) is 3.79. The monoisotopic (exact) mass is 267 g/mol. The summed E-state index contributed by atoms with van der Waals surface area (Å²) in [5.74, 6) is 1.47. The van der Waals surface area contributed by atoms with E-state index < -0.39 is 0 Å². The molecule has 0 spiro atoms. The molecule has 0 fully saturated rings. The van der Waals surface area contributed by atoms with Crippen molar-refractivity contribution in [3.63, 3.8) is 0 Å². The molecule has 0 N–H and O–H groups in total. The van der Waals surface area contributed by atoms with Crippen LogP contribution in [0.3, 0.4) is 0 Å². The van der Waals surface area contributed by atoms with Crippen LogP contribution in [0.15, 0.2) is 36.7 Å². The van der Waals surface area contributed by atoms with Crippen molar-refractivity contribution in [3.8, 4) is 23.2 Å². The molecular weight excluding hydrogens is 250 g/mol. The van der Waals surface area contributed by atoms with Crippen LogP contribution < -0.4 is 4.74 Å². The van der Waals surface area contributed by atoms with E-state index in [1.807, 2.05) is 30.3 Å². The molecule has 0 amide bonds. The van der Waals surface area contributed by atoms with Crippen LogP contribution in [-0.4, -0.2) is 16.6 Å². The minimum atomic E-state index is 0.463. The minimum Gasteiger partial charge on any atom is -0.494 e. The number of unbranched alkanes of at least 4 members (excludes halogenated alkanes) is 2. The van der Waals surface area contributed by atoms with E-state index in [9.17, 15) is 0 Å². The quantitative estimate of drug-likeness (QED) is 0.750. The Balaban J connectivity index is 1.98. The van der Waals surface area contributed by atoms with Gasteiger partial charge in [0.1, 0.15) is 11.8 Å². The molecule has 1 aromatic heterocycles. The molecule has 0 radical (unpaired) electrons. The number of rotatable bonds is 6. The zero-order valence-electron chi connectivity index (χ0n) is 11.5. The zero-order chi connectivity index (χ0) is 14.2. The molecule has 0 unspecified atom stereocenters. The number of ether oxygens (including phenoxy) is 1. The number of nitrogens with zero attached hydrogens (tertiary/aromatic N) is 3. The molecule has 20 heavy (non-hydrogen) atoms. The standard InChI is InChI=1S/C16H17N3O/c1-2-3-4-9-20-15-7-5-14(6-8-15)16-18-11-13(10-17)12-19-16/h5-8,11-12H,2-4,9H2,1H3. The van der Waals surface area contributed by atoms with Gasteiger partial charge in [0.15, 0.2) is 5.82 Å². The molecule has 4 heteroatoms. The molecule has 2 aromatic rings. The number of hydrogen-bond acceptors (Lipinski definition) is 4. The molecule has 0 saturated carbocycles. The molecule has 0 aliphatic rings. The smallest absolute Gasteiger partial charge is 0.159 e. The molecule has 0 aliphatic heterocycles. The minimum absolute atomic E-state index is 0.463. The normalized spacial score (nSPS) is 10.0. The Morgan fingerprint density at radius 1 is 1.10 bits per heavy atom. The molecule has 1 heterocycles. The van der Waals surface area contributed by atoms with E-state index >= 15 is 0 Å². The molecule has 0 saturated heterocycles. The summed E-state index contributed by atoms with van der Waals surface area (Å²) in [6, 6.07) is 9.70. The van der Waals surface area contributed by atoms with Crippen molar-refractivity contribution < 1.29 is 4.74 Å². The first-order valence-corrected chi connectivity index (χ1v) is 6.79. The Kier molecular flexibility index (Phi) is 5.08. The molecule has 0 aliphatic carbocycles. The molecular formula is C16H17N3O. The maximum absolute atomic E-state index is 8.71. The fourth-order valence-electron chi connectivity index (χ4n) is 1.78. The van der Waals surface area contributed by atoms with Gasteiger partial charge in [-0.1, -0.05) is 19.8 Å². The fraction of sp³-hybridized carbons (Fsp3) is 0.312. The van der Waals surface area contributed by atoms with Gasteiger partial charge < -0.3 is 4.74 Å². The van der Waals surface area contributed by atoms with Gasteiger partial charge in [0.05, 0.1) is 12.2 Å². The van der Waals surface area contributed by atoms with Crippen LogP contribution in [0.4, 0.5) is 0 Å². The van der Waals surface area contributed by atoms with Gasteiger partial charge in [-0.3, -0.25) is 0 Å². The van der Waals surface area contributed by atoms with Crippen LogP contribution in [0.25, 0.3) is 11.4 Å². The van der Waals surface area contributed by atoms with Gasteiger partial charge in [-0.25, -0.2) is 9.97 Å². The van der Waals surface area contributed by atoms with E-state index in [4.69, 9.17) is 10.00 Å². The highest BCUT2D eigenvalue weighted by Gasteiger charge is 2.02. The van der Waals surface area contributed by atoms with Crippen molar-refractivity contribution in [2.45, 2.75) is 26.2 Å². The van der Waals surface area contributed by atoms with Crippen LogP contribution >= 0.6 is 0 Å². The predicted octanol–water partition coefficient (Wildman–Crippen LogP) is 3.58. The average Bonchev–Trinajstić information content (AvgIpc) is 2.52. The SMILES string of the molecule is CCCCCOc1ccc(-c2ncc(C#N)cn2)cc1. The summed E-state index contributed by atoms with van der Waals surface area (Å²) < 4.78 is 5.65. The van der Waals surface area contributed by atoms with Gasteiger partial charge in [-0.05, 0) is 30.7 Å². The number of benzene rings is 1. The Morgan fingerprint density at radius 2 is 1.80 bits per heavy atom. The fourth-order valence-corrected chi connectivity index (χ4v) is 1.78. The highest BCUT2D eigenvalue weighted by atomic mass is 16.5. The van der Waals surface area contributed by atoms with Gasteiger partial charge in [-0.2, -0.15) is 5.26 Å². The summed E-state index contributed by atoms with van der Waals surface area (Å²) in [5.41, 5.74) is 1.38. The predicted molar refractivity (Wildman–Crippen MR) is 77.2 cm³/mol. The van der Waals surface area contributed by atoms with E-state index in [0.29, 0.717) is 11.4 Å². The second-order valence-corrected chi connectivity index (χ2v) is 4.49. The highest BCUT2D eigenvalue weighted by molar-refractivity contribution is 5.56. The third-order valence-corrected chi connectivity index (χ3v) is 2.91. The van der Waals surface area contributed by atoms with Crippen LogP contribution in [-0.2, 0) is 0 Å². The maximum Gasteiger partial charge on any atom is 0.159 e. The van der Waals surface area contributed by atoms with Crippen molar-refractivity contribution in [1.29, 1.82) is 5.26 Å². The first kappa shape index (κ1) is 14.0. The number of hydrogen-bond donors (Lipinski definition) is 0. The van der Waals surface area contributed by atoms with E-state index in [1.165, 1.54) is 25.2 Å². The van der Waals surface area contributed by atoms with Gasteiger partial charge in [0.2, 0.25) is 0 Å². The molecule has 0 bridgehead atoms. The molecule has 1 aromatic carbocycles.